The molecule has 1 aromatic heterocycles. The zero-order valence-electron chi connectivity index (χ0n) is 8.69. The molecule has 0 spiro atoms. The Kier molecular flexibility index (Phi) is 3.53. The van der Waals surface area contributed by atoms with Crippen LogP contribution in [0.15, 0.2) is 12.4 Å². The van der Waals surface area contributed by atoms with Gasteiger partial charge in [-0.15, -0.1) is 0 Å². The highest BCUT2D eigenvalue weighted by Gasteiger charge is 2.18. The molecule has 1 aromatic rings. The summed E-state index contributed by atoms with van der Waals surface area (Å²) in [6, 6.07) is 0. The molecule has 1 fully saturated rings. The first-order valence-corrected chi connectivity index (χ1v) is 6.15. The van der Waals surface area contributed by atoms with Crippen molar-refractivity contribution in [3.8, 4) is 0 Å². The fraction of sp³-hybridized carbons (Fsp3) is 0.600. The first-order valence-electron chi connectivity index (χ1n) is 5.03. The van der Waals surface area contributed by atoms with Crippen LogP contribution in [0.2, 0.25) is 0 Å². The van der Waals surface area contributed by atoms with Gasteiger partial charge in [-0.1, -0.05) is 15.9 Å². The van der Waals surface area contributed by atoms with E-state index in [4.69, 9.17) is 4.74 Å². The summed E-state index contributed by atoms with van der Waals surface area (Å²) in [5, 5.41) is 0.798. The van der Waals surface area contributed by atoms with E-state index >= 15 is 0 Å². The van der Waals surface area contributed by atoms with Crippen LogP contribution in [-0.4, -0.2) is 35.8 Å². The van der Waals surface area contributed by atoms with Crippen molar-refractivity contribution in [3.63, 3.8) is 0 Å². The van der Waals surface area contributed by atoms with Crippen LogP contribution in [0.3, 0.4) is 0 Å². The molecule has 2 rings (SSSR count). The van der Waals surface area contributed by atoms with Gasteiger partial charge < -0.3 is 9.64 Å². The van der Waals surface area contributed by atoms with Crippen molar-refractivity contribution in [1.29, 1.82) is 0 Å². The van der Waals surface area contributed by atoms with E-state index < -0.39 is 0 Å². The lowest BCUT2D eigenvalue weighted by atomic mass is 10.3. The van der Waals surface area contributed by atoms with E-state index in [9.17, 15) is 0 Å². The van der Waals surface area contributed by atoms with Crippen molar-refractivity contribution in [2.24, 2.45) is 0 Å². The van der Waals surface area contributed by atoms with Crippen LogP contribution in [0.25, 0.3) is 0 Å². The van der Waals surface area contributed by atoms with E-state index in [1.54, 1.807) is 0 Å². The van der Waals surface area contributed by atoms with Crippen molar-refractivity contribution < 1.29 is 4.74 Å². The van der Waals surface area contributed by atoms with Gasteiger partial charge in [-0.05, 0) is 12.5 Å². The average Bonchev–Trinajstić information content (AvgIpc) is 2.29. The number of nitrogens with zero attached hydrogens (tertiary/aromatic N) is 3. The van der Waals surface area contributed by atoms with Gasteiger partial charge in [0.15, 0.2) is 0 Å². The monoisotopic (exact) mass is 271 g/mol. The molecular weight excluding hydrogens is 258 g/mol. The minimum atomic E-state index is 0.262. The summed E-state index contributed by atoms with van der Waals surface area (Å²) < 4.78 is 5.47. The number of rotatable bonds is 2. The number of hydrogen-bond acceptors (Lipinski definition) is 4. The molecule has 2 heterocycles. The summed E-state index contributed by atoms with van der Waals surface area (Å²) >= 11 is 3.37. The van der Waals surface area contributed by atoms with E-state index in [1.807, 2.05) is 12.4 Å². The van der Waals surface area contributed by atoms with Crippen LogP contribution in [0.4, 0.5) is 5.95 Å². The molecule has 1 unspecified atom stereocenters. The normalized spacial score (nSPS) is 21.7. The van der Waals surface area contributed by atoms with Crippen LogP contribution in [-0.2, 0) is 10.1 Å². The Labute approximate surface area is 97.8 Å². The maximum absolute atomic E-state index is 5.47. The third kappa shape index (κ3) is 2.66. The van der Waals surface area contributed by atoms with Crippen molar-refractivity contribution >= 4 is 21.9 Å². The van der Waals surface area contributed by atoms with Crippen LogP contribution in [0.5, 0.6) is 0 Å². The van der Waals surface area contributed by atoms with E-state index in [0.717, 1.165) is 36.5 Å². The number of halogens is 1. The summed E-state index contributed by atoms with van der Waals surface area (Å²) in [7, 11) is 0. The molecule has 0 radical (unpaired) electrons. The molecule has 4 nitrogen and oxygen atoms in total. The Morgan fingerprint density at radius 3 is 2.87 bits per heavy atom. The molecule has 0 aromatic carbocycles. The number of ether oxygens (including phenoxy) is 1. The molecule has 1 saturated heterocycles. The van der Waals surface area contributed by atoms with Crippen molar-refractivity contribution in [3.05, 3.63) is 18.0 Å². The Balaban J connectivity index is 2.07. The molecule has 1 aliphatic rings. The van der Waals surface area contributed by atoms with Crippen LogP contribution < -0.4 is 4.90 Å². The topological polar surface area (TPSA) is 38.2 Å². The molecular formula is C10H14BrN3O. The molecule has 0 aliphatic carbocycles. The third-order valence-corrected chi connectivity index (χ3v) is 3.02. The van der Waals surface area contributed by atoms with Crippen molar-refractivity contribution in [1.82, 2.24) is 9.97 Å². The minimum Gasteiger partial charge on any atom is -0.375 e. The Morgan fingerprint density at radius 2 is 2.27 bits per heavy atom. The molecule has 0 amide bonds. The molecule has 0 bridgehead atoms. The second-order valence-electron chi connectivity index (χ2n) is 3.65. The predicted molar refractivity (Wildman–Crippen MR) is 62.3 cm³/mol. The lowest BCUT2D eigenvalue weighted by Gasteiger charge is -2.30. The third-order valence-electron chi connectivity index (χ3n) is 2.37. The molecule has 15 heavy (non-hydrogen) atoms. The Morgan fingerprint density at radius 1 is 1.53 bits per heavy atom. The first kappa shape index (κ1) is 10.8. The highest BCUT2D eigenvalue weighted by molar-refractivity contribution is 9.08. The highest BCUT2D eigenvalue weighted by Crippen LogP contribution is 2.13. The summed E-state index contributed by atoms with van der Waals surface area (Å²) in [6.45, 7) is 4.56. The smallest absolute Gasteiger partial charge is 0.225 e. The SMILES string of the molecule is CC1CN(c2ncc(CBr)cn2)CCO1. The van der Waals surface area contributed by atoms with E-state index in [1.165, 1.54) is 0 Å². The van der Waals surface area contributed by atoms with Gasteiger partial charge in [-0.25, -0.2) is 9.97 Å². The zero-order valence-corrected chi connectivity index (χ0v) is 10.3. The van der Waals surface area contributed by atoms with Gasteiger partial charge in [0.2, 0.25) is 5.95 Å². The van der Waals surface area contributed by atoms with Crippen LogP contribution >= 0.6 is 15.9 Å². The van der Waals surface area contributed by atoms with E-state index in [-0.39, 0.29) is 6.10 Å². The predicted octanol–water partition coefficient (Wildman–Crippen LogP) is 1.60. The number of alkyl halides is 1. The highest BCUT2D eigenvalue weighted by atomic mass is 79.9. The van der Waals surface area contributed by atoms with Gasteiger partial charge in [0.1, 0.15) is 0 Å². The minimum absolute atomic E-state index is 0.262. The Hall–Kier alpha value is -0.680. The van der Waals surface area contributed by atoms with Gasteiger partial charge >= 0.3 is 0 Å². The lowest BCUT2D eigenvalue weighted by molar-refractivity contribution is 0.0526. The van der Waals surface area contributed by atoms with Crippen LogP contribution in [0.1, 0.15) is 12.5 Å². The second kappa shape index (κ2) is 4.90. The standard InChI is InChI=1S/C10H14BrN3O/c1-8-7-14(2-3-15-8)10-12-5-9(4-11)6-13-10/h5-6,8H,2-4,7H2,1H3. The largest absolute Gasteiger partial charge is 0.375 e. The maximum atomic E-state index is 5.47. The second-order valence-corrected chi connectivity index (χ2v) is 4.21. The van der Waals surface area contributed by atoms with Gasteiger partial charge in [0.05, 0.1) is 12.7 Å². The fourth-order valence-electron chi connectivity index (χ4n) is 1.58. The van der Waals surface area contributed by atoms with Crippen LogP contribution in [0, 0.1) is 0 Å². The molecule has 82 valence electrons. The number of morpholine rings is 1. The zero-order chi connectivity index (χ0) is 10.7. The van der Waals surface area contributed by atoms with Gasteiger partial charge in [0, 0.05) is 30.8 Å². The first-order chi connectivity index (χ1) is 7.29. The van der Waals surface area contributed by atoms with E-state index in [0.29, 0.717) is 0 Å². The summed E-state index contributed by atoms with van der Waals surface area (Å²) in [6.07, 6.45) is 3.98. The lowest BCUT2D eigenvalue weighted by Crippen LogP contribution is -2.41. The maximum Gasteiger partial charge on any atom is 0.225 e. The molecule has 0 saturated carbocycles. The molecule has 0 N–H and O–H groups in total. The van der Waals surface area contributed by atoms with Crippen molar-refractivity contribution in [2.75, 3.05) is 24.6 Å². The van der Waals surface area contributed by atoms with Gasteiger partial charge in [-0.3, -0.25) is 0 Å². The average molecular weight is 272 g/mol. The summed E-state index contributed by atoms with van der Waals surface area (Å²) in [5.41, 5.74) is 1.10. The van der Waals surface area contributed by atoms with Gasteiger partial charge in [-0.2, -0.15) is 0 Å². The van der Waals surface area contributed by atoms with Crippen molar-refractivity contribution in [2.45, 2.75) is 18.4 Å². The number of hydrogen-bond donors (Lipinski definition) is 0. The summed E-state index contributed by atoms with van der Waals surface area (Å²) in [4.78, 5) is 10.8. The molecule has 1 aliphatic heterocycles. The fourth-order valence-corrected chi connectivity index (χ4v) is 1.87. The van der Waals surface area contributed by atoms with E-state index in [2.05, 4.69) is 37.7 Å². The Bertz CT molecular complexity index is 317. The number of aromatic nitrogens is 2. The summed E-state index contributed by atoms with van der Waals surface area (Å²) in [5.74, 6) is 0.801. The van der Waals surface area contributed by atoms with Gasteiger partial charge in [0.25, 0.3) is 0 Å². The number of anilines is 1. The molecule has 1 atom stereocenters. The molecule has 5 heteroatoms. The quantitative estimate of drug-likeness (QED) is 0.766.